The summed E-state index contributed by atoms with van der Waals surface area (Å²) in [6.07, 6.45) is -1.55. The minimum absolute atomic E-state index is 0.102. The normalized spacial score (nSPS) is 13.2. The van der Waals surface area contributed by atoms with Gasteiger partial charge in [-0.05, 0) is 28.1 Å². The van der Waals surface area contributed by atoms with Gasteiger partial charge in [-0.1, -0.05) is 6.07 Å². The summed E-state index contributed by atoms with van der Waals surface area (Å²) >= 11 is 2.80. The fourth-order valence-corrected chi connectivity index (χ4v) is 1.57. The number of nitrogens with two attached hydrogens (primary N) is 1. The van der Waals surface area contributed by atoms with Crippen LogP contribution in [0.3, 0.4) is 0 Å². The molecular formula is C9H7BrF3N3S. The molecule has 1 aromatic rings. The molecule has 0 aliphatic carbocycles. The van der Waals surface area contributed by atoms with E-state index in [0.29, 0.717) is 0 Å². The summed E-state index contributed by atoms with van der Waals surface area (Å²) in [7, 11) is 0. The standard InChI is InChI=1S/C9H7BrF3N3S/c10-5(4-15-17-13)8(14)6-2-1-3-7(16-6)9(11)12/h1-4,9H,14H2. The molecule has 0 atom stereocenters. The minimum Gasteiger partial charge on any atom is -0.396 e. The number of hydrogen-bond donors (Lipinski definition) is 1. The lowest BCUT2D eigenvalue weighted by Gasteiger charge is -2.04. The molecule has 1 rings (SSSR count). The number of allylic oxidation sites excluding steroid dienone is 1. The van der Waals surface area contributed by atoms with Crippen molar-refractivity contribution in [3.63, 3.8) is 0 Å². The summed E-state index contributed by atoms with van der Waals surface area (Å²) in [6, 6.07) is 4.08. The van der Waals surface area contributed by atoms with Crippen LogP contribution in [0.25, 0.3) is 5.70 Å². The lowest BCUT2D eigenvalue weighted by Crippen LogP contribution is -2.04. The van der Waals surface area contributed by atoms with Gasteiger partial charge in [0.25, 0.3) is 6.43 Å². The van der Waals surface area contributed by atoms with Crippen LogP contribution in [-0.4, -0.2) is 11.2 Å². The quantitative estimate of drug-likeness (QED) is 0.679. The molecule has 0 saturated carbocycles. The topological polar surface area (TPSA) is 51.3 Å². The zero-order valence-corrected chi connectivity index (χ0v) is 10.7. The molecule has 17 heavy (non-hydrogen) atoms. The van der Waals surface area contributed by atoms with Crippen molar-refractivity contribution >= 4 is 40.2 Å². The van der Waals surface area contributed by atoms with Gasteiger partial charge in [-0.15, -0.1) is 3.89 Å². The molecule has 8 heteroatoms. The SMILES string of the molecule is NC(=C(Br)C=NSF)c1cccc(C(F)F)n1. The Morgan fingerprint density at radius 1 is 1.53 bits per heavy atom. The number of hydrogen-bond acceptors (Lipinski definition) is 4. The molecule has 0 saturated heterocycles. The Kier molecular flexibility index (Phi) is 5.49. The predicted molar refractivity (Wildman–Crippen MR) is 66.4 cm³/mol. The van der Waals surface area contributed by atoms with Crippen LogP contribution in [0.5, 0.6) is 0 Å². The summed E-state index contributed by atoms with van der Waals surface area (Å²) in [5.74, 6) is 0. The van der Waals surface area contributed by atoms with Gasteiger partial charge in [0.1, 0.15) is 5.69 Å². The van der Waals surface area contributed by atoms with E-state index in [0.717, 1.165) is 6.21 Å². The first-order chi connectivity index (χ1) is 8.06. The van der Waals surface area contributed by atoms with Gasteiger partial charge in [-0.25, -0.2) is 13.8 Å². The number of pyridine rings is 1. The average molecular weight is 326 g/mol. The zero-order chi connectivity index (χ0) is 12.8. The monoisotopic (exact) mass is 325 g/mol. The Hall–Kier alpha value is -1.02. The predicted octanol–water partition coefficient (Wildman–Crippen LogP) is 3.64. The lowest BCUT2D eigenvalue weighted by molar-refractivity contribution is 0.146. The van der Waals surface area contributed by atoms with E-state index in [1.165, 1.54) is 18.2 Å². The van der Waals surface area contributed by atoms with E-state index in [4.69, 9.17) is 5.73 Å². The maximum atomic E-state index is 12.4. The molecule has 2 N–H and O–H groups in total. The van der Waals surface area contributed by atoms with Crippen molar-refractivity contribution in [1.29, 1.82) is 0 Å². The molecule has 0 fully saturated rings. The molecule has 0 bridgehead atoms. The second-order valence-corrected chi connectivity index (χ2v) is 4.02. The summed E-state index contributed by atoms with van der Waals surface area (Å²) < 4.78 is 40.0. The highest BCUT2D eigenvalue weighted by Crippen LogP contribution is 2.20. The molecular weight excluding hydrogens is 319 g/mol. The Bertz CT molecular complexity index is 451. The van der Waals surface area contributed by atoms with E-state index in [2.05, 4.69) is 25.3 Å². The van der Waals surface area contributed by atoms with Crippen LogP contribution >= 0.6 is 28.3 Å². The van der Waals surface area contributed by atoms with E-state index in [1.54, 1.807) is 0 Å². The summed E-state index contributed by atoms with van der Waals surface area (Å²) in [4.78, 5) is 3.68. The molecule has 0 aromatic carbocycles. The number of nitrogens with zero attached hydrogens (tertiary/aromatic N) is 2. The molecule has 0 amide bonds. The fraction of sp³-hybridized carbons (Fsp3) is 0.111. The average Bonchev–Trinajstić information content (AvgIpc) is 2.35. The first-order valence-electron chi connectivity index (χ1n) is 4.28. The molecule has 3 nitrogen and oxygen atoms in total. The van der Waals surface area contributed by atoms with Gasteiger partial charge in [-0.2, -0.15) is 4.40 Å². The van der Waals surface area contributed by atoms with Crippen LogP contribution < -0.4 is 5.73 Å². The third kappa shape index (κ3) is 4.04. The van der Waals surface area contributed by atoms with Gasteiger partial charge in [0.15, 0.2) is 12.3 Å². The molecule has 0 aliphatic rings. The van der Waals surface area contributed by atoms with Crippen LogP contribution in [0.4, 0.5) is 12.7 Å². The van der Waals surface area contributed by atoms with Crippen molar-refractivity contribution in [3.8, 4) is 0 Å². The second kappa shape index (κ2) is 6.65. The van der Waals surface area contributed by atoms with Gasteiger partial charge in [0, 0.05) is 0 Å². The lowest BCUT2D eigenvalue weighted by atomic mass is 10.2. The molecule has 1 heterocycles. The van der Waals surface area contributed by atoms with Crippen molar-refractivity contribution in [2.75, 3.05) is 0 Å². The number of alkyl halides is 2. The van der Waals surface area contributed by atoms with Crippen LogP contribution in [0.2, 0.25) is 0 Å². The highest BCUT2D eigenvalue weighted by Gasteiger charge is 2.11. The van der Waals surface area contributed by atoms with Crippen molar-refractivity contribution in [2.24, 2.45) is 10.1 Å². The Balaban J connectivity index is 3.07. The number of halogens is 4. The summed E-state index contributed by atoms with van der Waals surface area (Å²) in [6.45, 7) is 0. The molecule has 0 radical (unpaired) electrons. The molecule has 0 unspecified atom stereocenters. The van der Waals surface area contributed by atoms with Crippen LogP contribution in [-0.2, 0) is 0 Å². The molecule has 0 spiro atoms. The van der Waals surface area contributed by atoms with Crippen LogP contribution in [0, 0.1) is 0 Å². The summed E-state index contributed by atoms with van der Waals surface area (Å²) in [5, 5.41) is 0. The van der Waals surface area contributed by atoms with Crippen molar-refractivity contribution in [1.82, 2.24) is 4.98 Å². The van der Waals surface area contributed by atoms with Gasteiger partial charge in [0.2, 0.25) is 0 Å². The van der Waals surface area contributed by atoms with E-state index in [9.17, 15) is 12.7 Å². The Morgan fingerprint density at radius 2 is 2.24 bits per heavy atom. The third-order valence-corrected chi connectivity index (χ3v) is 2.55. The highest BCUT2D eigenvalue weighted by atomic mass is 79.9. The van der Waals surface area contributed by atoms with Gasteiger partial charge in [-0.3, -0.25) is 0 Å². The first-order valence-corrected chi connectivity index (χ1v) is 5.74. The second-order valence-electron chi connectivity index (χ2n) is 2.81. The minimum atomic E-state index is -2.67. The zero-order valence-electron chi connectivity index (χ0n) is 8.28. The summed E-state index contributed by atoms with van der Waals surface area (Å²) in [5.41, 5.74) is 5.55. The Labute approximate surface area is 109 Å². The highest BCUT2D eigenvalue weighted by molar-refractivity contribution is 9.12. The van der Waals surface area contributed by atoms with E-state index < -0.39 is 6.43 Å². The van der Waals surface area contributed by atoms with Crippen molar-refractivity contribution in [2.45, 2.75) is 6.43 Å². The van der Waals surface area contributed by atoms with Gasteiger partial charge >= 0.3 is 0 Å². The van der Waals surface area contributed by atoms with E-state index in [1.807, 2.05) is 0 Å². The first kappa shape index (κ1) is 14.0. The third-order valence-electron chi connectivity index (χ3n) is 1.73. The maximum Gasteiger partial charge on any atom is 0.280 e. The van der Waals surface area contributed by atoms with Gasteiger partial charge < -0.3 is 5.73 Å². The van der Waals surface area contributed by atoms with Crippen LogP contribution in [0.1, 0.15) is 17.8 Å². The molecule has 92 valence electrons. The van der Waals surface area contributed by atoms with E-state index in [-0.39, 0.29) is 33.9 Å². The molecule has 0 aliphatic heterocycles. The van der Waals surface area contributed by atoms with Crippen molar-refractivity contribution < 1.29 is 12.7 Å². The fourth-order valence-electron chi connectivity index (χ4n) is 0.981. The smallest absolute Gasteiger partial charge is 0.280 e. The number of aromatic nitrogens is 1. The number of rotatable bonds is 4. The van der Waals surface area contributed by atoms with Gasteiger partial charge in [0.05, 0.1) is 22.1 Å². The maximum absolute atomic E-state index is 12.4. The van der Waals surface area contributed by atoms with Crippen molar-refractivity contribution in [3.05, 3.63) is 34.1 Å². The van der Waals surface area contributed by atoms with E-state index >= 15 is 0 Å². The molecule has 1 aromatic heterocycles. The van der Waals surface area contributed by atoms with Crippen LogP contribution in [0.15, 0.2) is 27.1 Å². The largest absolute Gasteiger partial charge is 0.396 e. The Morgan fingerprint density at radius 3 is 2.82 bits per heavy atom.